The predicted molar refractivity (Wildman–Crippen MR) is 71.3 cm³/mol. The summed E-state index contributed by atoms with van der Waals surface area (Å²) in [6.45, 7) is 7.25. The molecule has 1 rings (SSSR count). The Morgan fingerprint density at radius 2 is 2.11 bits per heavy atom. The summed E-state index contributed by atoms with van der Waals surface area (Å²) in [5.41, 5.74) is 0. The van der Waals surface area contributed by atoms with Gasteiger partial charge in [0, 0.05) is 19.1 Å². The number of urea groups is 1. The van der Waals surface area contributed by atoms with Gasteiger partial charge in [-0.1, -0.05) is 6.92 Å². The molecule has 104 valence electrons. The largest absolute Gasteiger partial charge is 0.338 e. The number of amides is 3. The molecular formula is C13H25N3O2. The summed E-state index contributed by atoms with van der Waals surface area (Å²) in [4.78, 5) is 25.6. The lowest BCUT2D eigenvalue weighted by Crippen LogP contribution is -2.53. The molecule has 0 spiro atoms. The molecule has 0 unspecified atom stereocenters. The van der Waals surface area contributed by atoms with E-state index in [9.17, 15) is 9.59 Å². The van der Waals surface area contributed by atoms with Gasteiger partial charge in [0.15, 0.2) is 0 Å². The van der Waals surface area contributed by atoms with Gasteiger partial charge in [-0.2, -0.15) is 0 Å². The third-order valence-corrected chi connectivity index (χ3v) is 3.34. The Morgan fingerprint density at radius 3 is 2.72 bits per heavy atom. The molecule has 18 heavy (non-hydrogen) atoms. The van der Waals surface area contributed by atoms with E-state index in [1.165, 1.54) is 6.42 Å². The van der Waals surface area contributed by atoms with E-state index in [0.29, 0.717) is 6.54 Å². The summed E-state index contributed by atoms with van der Waals surface area (Å²) in [7, 11) is 0. The Balaban J connectivity index is 2.42. The van der Waals surface area contributed by atoms with Gasteiger partial charge in [0.1, 0.15) is 6.04 Å². The highest BCUT2D eigenvalue weighted by molar-refractivity contribution is 5.86. The van der Waals surface area contributed by atoms with Crippen LogP contribution in [-0.2, 0) is 4.79 Å². The Labute approximate surface area is 109 Å². The van der Waals surface area contributed by atoms with Crippen LogP contribution >= 0.6 is 0 Å². The summed E-state index contributed by atoms with van der Waals surface area (Å²) in [6, 6.07) is -0.432. The normalized spacial score (nSPS) is 21.3. The molecule has 1 saturated heterocycles. The molecule has 1 aliphatic heterocycles. The van der Waals surface area contributed by atoms with Crippen LogP contribution in [-0.4, -0.2) is 42.0 Å². The maximum absolute atomic E-state index is 12.2. The average molecular weight is 255 g/mol. The number of nitrogens with one attached hydrogen (secondary N) is 2. The van der Waals surface area contributed by atoms with Crippen LogP contribution in [0.25, 0.3) is 0 Å². The van der Waals surface area contributed by atoms with Gasteiger partial charge in [-0.05, 0) is 39.5 Å². The van der Waals surface area contributed by atoms with Gasteiger partial charge in [0.25, 0.3) is 0 Å². The van der Waals surface area contributed by atoms with Crippen molar-refractivity contribution in [2.75, 3.05) is 13.1 Å². The second-order valence-corrected chi connectivity index (χ2v) is 5.00. The third-order valence-electron chi connectivity index (χ3n) is 3.34. The number of carbonyl (C=O) groups excluding carboxylic acids is 2. The van der Waals surface area contributed by atoms with Crippen molar-refractivity contribution in [1.82, 2.24) is 15.5 Å². The molecule has 5 heteroatoms. The highest BCUT2D eigenvalue weighted by atomic mass is 16.2. The molecule has 2 atom stereocenters. The van der Waals surface area contributed by atoms with Crippen LogP contribution < -0.4 is 10.6 Å². The molecule has 5 nitrogen and oxygen atoms in total. The van der Waals surface area contributed by atoms with Crippen molar-refractivity contribution in [1.29, 1.82) is 0 Å². The maximum atomic E-state index is 12.2. The quantitative estimate of drug-likeness (QED) is 0.799. The molecular weight excluding hydrogens is 230 g/mol. The maximum Gasteiger partial charge on any atom is 0.315 e. The van der Waals surface area contributed by atoms with Crippen molar-refractivity contribution in [3.63, 3.8) is 0 Å². The monoisotopic (exact) mass is 255 g/mol. The van der Waals surface area contributed by atoms with E-state index in [1.54, 1.807) is 6.92 Å². The number of nitrogens with zero attached hydrogens (tertiary/aromatic N) is 1. The second kappa shape index (κ2) is 7.24. The zero-order valence-corrected chi connectivity index (χ0v) is 11.7. The van der Waals surface area contributed by atoms with Gasteiger partial charge in [0.2, 0.25) is 5.91 Å². The first-order valence-electron chi connectivity index (χ1n) is 6.91. The number of hydrogen-bond acceptors (Lipinski definition) is 2. The number of likely N-dealkylation sites (tertiary alicyclic amines) is 1. The zero-order valence-electron chi connectivity index (χ0n) is 11.7. The number of hydrogen-bond donors (Lipinski definition) is 2. The molecule has 0 aromatic rings. The zero-order chi connectivity index (χ0) is 13.5. The number of rotatable bonds is 4. The minimum atomic E-state index is -0.456. The molecule has 0 aromatic heterocycles. The summed E-state index contributed by atoms with van der Waals surface area (Å²) in [6.07, 6.45) is 4.19. The van der Waals surface area contributed by atoms with Crippen molar-refractivity contribution >= 4 is 11.9 Å². The molecule has 1 heterocycles. The van der Waals surface area contributed by atoms with E-state index in [1.807, 2.05) is 11.8 Å². The lowest BCUT2D eigenvalue weighted by molar-refractivity contribution is -0.136. The van der Waals surface area contributed by atoms with Crippen molar-refractivity contribution in [2.24, 2.45) is 0 Å². The van der Waals surface area contributed by atoms with Crippen molar-refractivity contribution in [3.05, 3.63) is 0 Å². The van der Waals surface area contributed by atoms with Gasteiger partial charge in [0.05, 0.1) is 0 Å². The number of carbonyl (C=O) groups is 2. The minimum absolute atomic E-state index is 0.0221. The summed E-state index contributed by atoms with van der Waals surface area (Å²) in [5.74, 6) is 0.0221. The van der Waals surface area contributed by atoms with Crippen LogP contribution in [0.4, 0.5) is 4.79 Å². The first kappa shape index (κ1) is 14.8. The topological polar surface area (TPSA) is 61.4 Å². The first-order chi connectivity index (χ1) is 8.56. The van der Waals surface area contributed by atoms with Crippen LogP contribution in [0, 0.1) is 0 Å². The Morgan fingerprint density at radius 1 is 1.39 bits per heavy atom. The molecule has 2 N–H and O–H groups in total. The molecule has 0 radical (unpaired) electrons. The van der Waals surface area contributed by atoms with Crippen molar-refractivity contribution in [2.45, 2.75) is 58.5 Å². The van der Waals surface area contributed by atoms with Crippen LogP contribution in [0.2, 0.25) is 0 Å². The fourth-order valence-electron chi connectivity index (χ4n) is 2.22. The SMILES string of the molecule is CCCNC(=O)N[C@H](C)C(=O)N1CCCC[C@@H]1C. The van der Waals surface area contributed by atoms with E-state index in [4.69, 9.17) is 0 Å². The second-order valence-electron chi connectivity index (χ2n) is 5.00. The van der Waals surface area contributed by atoms with Gasteiger partial charge in [-0.25, -0.2) is 4.79 Å². The van der Waals surface area contributed by atoms with E-state index < -0.39 is 6.04 Å². The van der Waals surface area contributed by atoms with Crippen LogP contribution in [0.15, 0.2) is 0 Å². The highest BCUT2D eigenvalue weighted by Crippen LogP contribution is 2.17. The fraction of sp³-hybridized carbons (Fsp3) is 0.846. The lowest BCUT2D eigenvalue weighted by atomic mass is 10.0. The average Bonchev–Trinajstić information content (AvgIpc) is 2.36. The summed E-state index contributed by atoms with van der Waals surface area (Å²) in [5, 5.41) is 5.40. The summed E-state index contributed by atoms with van der Waals surface area (Å²) < 4.78 is 0. The third kappa shape index (κ3) is 4.20. The fourth-order valence-corrected chi connectivity index (χ4v) is 2.22. The molecule has 0 aromatic carbocycles. The smallest absolute Gasteiger partial charge is 0.315 e. The first-order valence-corrected chi connectivity index (χ1v) is 6.91. The van der Waals surface area contributed by atoms with Crippen LogP contribution in [0.3, 0.4) is 0 Å². The standard InChI is InChI=1S/C13H25N3O2/c1-4-8-14-13(18)15-11(3)12(17)16-9-6-5-7-10(16)2/h10-11H,4-9H2,1-3H3,(H2,14,15,18)/t10-,11+/m0/s1. The van der Waals surface area contributed by atoms with Gasteiger partial charge >= 0.3 is 6.03 Å². The minimum Gasteiger partial charge on any atom is -0.338 e. The van der Waals surface area contributed by atoms with E-state index >= 15 is 0 Å². The van der Waals surface area contributed by atoms with Crippen molar-refractivity contribution in [3.8, 4) is 0 Å². The Hall–Kier alpha value is -1.26. The lowest BCUT2D eigenvalue weighted by Gasteiger charge is -2.35. The molecule has 1 fully saturated rings. The van der Waals surface area contributed by atoms with Crippen LogP contribution in [0.5, 0.6) is 0 Å². The van der Waals surface area contributed by atoms with Crippen molar-refractivity contribution < 1.29 is 9.59 Å². The van der Waals surface area contributed by atoms with E-state index in [2.05, 4.69) is 17.6 Å². The van der Waals surface area contributed by atoms with Gasteiger partial charge in [-0.15, -0.1) is 0 Å². The van der Waals surface area contributed by atoms with Gasteiger partial charge < -0.3 is 15.5 Å². The Kier molecular flexibility index (Phi) is 5.95. The predicted octanol–water partition coefficient (Wildman–Crippen LogP) is 1.49. The molecule has 0 bridgehead atoms. The van der Waals surface area contributed by atoms with E-state index in [0.717, 1.165) is 25.8 Å². The highest BCUT2D eigenvalue weighted by Gasteiger charge is 2.27. The molecule has 0 saturated carbocycles. The molecule has 1 aliphatic rings. The van der Waals surface area contributed by atoms with Gasteiger partial charge in [-0.3, -0.25) is 4.79 Å². The van der Waals surface area contributed by atoms with E-state index in [-0.39, 0.29) is 18.0 Å². The Bertz CT molecular complexity index is 294. The molecule has 3 amide bonds. The summed E-state index contributed by atoms with van der Waals surface area (Å²) >= 11 is 0. The van der Waals surface area contributed by atoms with Crippen LogP contribution in [0.1, 0.15) is 46.5 Å². The molecule has 0 aliphatic carbocycles. The number of piperidine rings is 1.